The number of ketones is 1. The van der Waals surface area contributed by atoms with Gasteiger partial charge in [0.25, 0.3) is 0 Å². The first kappa shape index (κ1) is 23.3. The van der Waals surface area contributed by atoms with E-state index in [1.54, 1.807) is 6.92 Å². The lowest BCUT2D eigenvalue weighted by Crippen LogP contribution is -2.51. The Morgan fingerprint density at radius 2 is 1.84 bits per heavy atom. The van der Waals surface area contributed by atoms with Crippen molar-refractivity contribution in [2.24, 2.45) is 40.4 Å². The summed E-state index contributed by atoms with van der Waals surface area (Å²) in [5, 5.41) is 0. The molecular formula is C26H40ClNO3. The lowest BCUT2D eigenvalue weighted by molar-refractivity contribution is -0.151. The van der Waals surface area contributed by atoms with Crippen LogP contribution in [0, 0.1) is 40.4 Å². The summed E-state index contributed by atoms with van der Waals surface area (Å²) in [6, 6.07) is -0.475. The molecule has 1 N–H and O–H groups in total. The van der Waals surface area contributed by atoms with E-state index in [1.807, 2.05) is 13.8 Å². The van der Waals surface area contributed by atoms with E-state index in [1.165, 1.54) is 31.3 Å². The molecule has 0 heterocycles. The topological polar surface area (TPSA) is 55.4 Å². The van der Waals surface area contributed by atoms with Crippen molar-refractivity contribution in [2.75, 3.05) is 0 Å². The minimum absolute atomic E-state index is 0.0868. The standard InChI is InChI=1S/C26H40ClNO3/c1-15(2)23(28-27)24(30)31-18-10-12-25(4)17(14-18)6-7-19-21-9-8-20(16(3)29)26(21,5)13-11-22(19)25/h14-15,18-23,28H,6-13H2,1-5H3/t18-,19?,20+,21?,22?,23+,25-,26+/m1/s1. The number of esters is 1. The Balaban J connectivity index is 1.50. The molecule has 0 spiro atoms. The van der Waals surface area contributed by atoms with Gasteiger partial charge in [0, 0.05) is 5.92 Å². The highest BCUT2D eigenvalue weighted by Crippen LogP contribution is 2.66. The summed E-state index contributed by atoms with van der Waals surface area (Å²) in [7, 11) is 0. The van der Waals surface area contributed by atoms with Crippen molar-refractivity contribution in [3.8, 4) is 0 Å². The van der Waals surface area contributed by atoms with Gasteiger partial charge in [-0.1, -0.05) is 33.3 Å². The maximum Gasteiger partial charge on any atom is 0.325 e. The van der Waals surface area contributed by atoms with E-state index in [9.17, 15) is 9.59 Å². The molecule has 0 aromatic heterocycles. The number of halogens is 1. The molecule has 0 radical (unpaired) electrons. The van der Waals surface area contributed by atoms with Crippen LogP contribution in [-0.4, -0.2) is 23.9 Å². The van der Waals surface area contributed by atoms with Crippen LogP contribution in [0.25, 0.3) is 0 Å². The van der Waals surface area contributed by atoms with Crippen molar-refractivity contribution in [3.63, 3.8) is 0 Å². The van der Waals surface area contributed by atoms with Gasteiger partial charge in [-0.05, 0) is 111 Å². The first-order valence-electron chi connectivity index (χ1n) is 12.4. The highest BCUT2D eigenvalue weighted by Gasteiger charge is 2.59. The molecular weight excluding hydrogens is 410 g/mol. The third kappa shape index (κ3) is 3.80. The SMILES string of the molecule is CC(=O)[C@@H]1CCC2C3CCC4=C[C@H](OC(=O)[C@@H](NCl)C(C)C)CC[C@@]4(C)C3CC[C@]21C. The second-order valence-electron chi connectivity index (χ2n) is 11.7. The fourth-order valence-electron chi connectivity index (χ4n) is 8.12. The smallest absolute Gasteiger partial charge is 0.325 e. The number of nitrogens with one attached hydrogen (secondary N) is 1. The van der Waals surface area contributed by atoms with Crippen molar-refractivity contribution < 1.29 is 14.3 Å². The third-order valence-electron chi connectivity index (χ3n) is 9.87. The van der Waals surface area contributed by atoms with E-state index in [4.69, 9.17) is 16.5 Å². The monoisotopic (exact) mass is 449 g/mol. The zero-order chi connectivity index (χ0) is 22.6. The average molecular weight is 450 g/mol. The molecule has 5 heteroatoms. The van der Waals surface area contributed by atoms with Gasteiger partial charge in [-0.2, -0.15) is 0 Å². The van der Waals surface area contributed by atoms with Crippen LogP contribution in [0.3, 0.4) is 0 Å². The van der Waals surface area contributed by atoms with Crippen LogP contribution in [0.4, 0.5) is 0 Å². The van der Waals surface area contributed by atoms with Crippen LogP contribution >= 0.6 is 11.8 Å². The van der Waals surface area contributed by atoms with Crippen LogP contribution in [-0.2, 0) is 14.3 Å². The summed E-state index contributed by atoms with van der Waals surface area (Å²) in [4.78, 5) is 27.5. The van der Waals surface area contributed by atoms with Gasteiger partial charge in [0.15, 0.2) is 0 Å². The summed E-state index contributed by atoms with van der Waals surface area (Å²) >= 11 is 5.78. The van der Waals surface area contributed by atoms with Crippen LogP contribution < -0.4 is 4.84 Å². The Kier molecular flexibility index (Phi) is 6.37. The Bertz CT molecular complexity index is 764. The molecule has 4 nitrogen and oxygen atoms in total. The van der Waals surface area contributed by atoms with Gasteiger partial charge >= 0.3 is 5.97 Å². The van der Waals surface area contributed by atoms with Crippen molar-refractivity contribution in [3.05, 3.63) is 11.6 Å². The normalized spacial score (nSPS) is 42.8. The van der Waals surface area contributed by atoms with Crippen molar-refractivity contribution in [1.29, 1.82) is 0 Å². The number of carbonyl (C=O) groups excluding carboxylic acids is 2. The van der Waals surface area contributed by atoms with Gasteiger partial charge in [0.2, 0.25) is 0 Å². The summed E-state index contributed by atoms with van der Waals surface area (Å²) in [6.45, 7) is 10.6. The molecule has 31 heavy (non-hydrogen) atoms. The number of ether oxygens (including phenoxy) is 1. The molecule has 3 saturated carbocycles. The van der Waals surface area contributed by atoms with Crippen molar-refractivity contribution in [1.82, 2.24) is 4.84 Å². The fraction of sp³-hybridized carbons (Fsp3) is 0.846. The molecule has 0 amide bonds. The average Bonchev–Trinajstić information content (AvgIpc) is 3.06. The molecule has 0 aromatic carbocycles. The molecule has 4 rings (SSSR count). The summed E-state index contributed by atoms with van der Waals surface area (Å²) in [5.74, 6) is 2.62. The highest BCUT2D eigenvalue weighted by molar-refractivity contribution is 6.14. The van der Waals surface area contributed by atoms with Gasteiger partial charge in [0.1, 0.15) is 17.9 Å². The number of hydrogen-bond acceptors (Lipinski definition) is 4. The Morgan fingerprint density at radius 3 is 2.48 bits per heavy atom. The maximum atomic E-state index is 12.6. The van der Waals surface area contributed by atoms with Crippen molar-refractivity contribution in [2.45, 2.75) is 98.1 Å². The number of rotatable bonds is 5. The van der Waals surface area contributed by atoms with E-state index in [0.29, 0.717) is 17.6 Å². The number of fused-ring (bicyclic) bond motifs is 5. The second kappa shape index (κ2) is 8.48. The summed E-state index contributed by atoms with van der Waals surface area (Å²) in [6.07, 6.45) is 11.1. The summed E-state index contributed by atoms with van der Waals surface area (Å²) in [5.41, 5.74) is 1.92. The number of hydrogen-bond donors (Lipinski definition) is 1. The lowest BCUT2D eigenvalue weighted by Gasteiger charge is -2.58. The molecule has 3 fully saturated rings. The Hall–Kier alpha value is -0.870. The minimum atomic E-state index is -0.475. The molecule has 0 bridgehead atoms. The molecule has 174 valence electrons. The van der Waals surface area contributed by atoms with Gasteiger partial charge < -0.3 is 4.74 Å². The van der Waals surface area contributed by atoms with E-state index in [2.05, 4.69) is 24.8 Å². The number of Topliss-reactive ketones (excluding diaryl/α,β-unsaturated/α-hetero) is 1. The zero-order valence-electron chi connectivity index (χ0n) is 19.9. The van der Waals surface area contributed by atoms with Gasteiger partial charge in [-0.3, -0.25) is 9.59 Å². The lowest BCUT2D eigenvalue weighted by atomic mass is 9.46. The first-order chi connectivity index (χ1) is 14.6. The summed E-state index contributed by atoms with van der Waals surface area (Å²) < 4.78 is 5.86. The van der Waals surface area contributed by atoms with Gasteiger partial charge in [-0.25, -0.2) is 4.84 Å². The van der Waals surface area contributed by atoms with E-state index in [0.717, 1.165) is 31.6 Å². The molecule has 8 atom stereocenters. The molecule has 4 aliphatic rings. The Morgan fingerprint density at radius 1 is 1.10 bits per heavy atom. The largest absolute Gasteiger partial charge is 0.457 e. The predicted octanol–water partition coefficient (Wildman–Crippen LogP) is 5.83. The molecule has 0 aromatic rings. The van der Waals surface area contributed by atoms with Crippen molar-refractivity contribution >= 4 is 23.5 Å². The molecule has 0 saturated heterocycles. The molecule has 4 aliphatic carbocycles. The quantitative estimate of drug-likeness (QED) is 0.325. The van der Waals surface area contributed by atoms with E-state index in [-0.39, 0.29) is 34.7 Å². The first-order valence-corrected chi connectivity index (χ1v) is 12.8. The predicted molar refractivity (Wildman–Crippen MR) is 123 cm³/mol. The van der Waals surface area contributed by atoms with Crippen LogP contribution in [0.1, 0.15) is 86.0 Å². The zero-order valence-corrected chi connectivity index (χ0v) is 20.6. The van der Waals surface area contributed by atoms with Gasteiger partial charge in [-0.15, -0.1) is 0 Å². The van der Waals surface area contributed by atoms with Crippen LogP contribution in [0.15, 0.2) is 11.6 Å². The van der Waals surface area contributed by atoms with Crippen LogP contribution in [0.5, 0.6) is 0 Å². The third-order valence-corrected chi connectivity index (χ3v) is 10.1. The highest BCUT2D eigenvalue weighted by atomic mass is 35.5. The number of carbonyl (C=O) groups is 2. The second-order valence-corrected chi connectivity index (χ2v) is 11.9. The number of allylic oxidation sites excluding steroid dienone is 1. The minimum Gasteiger partial charge on any atom is -0.457 e. The fourth-order valence-corrected chi connectivity index (χ4v) is 8.46. The molecule has 3 unspecified atom stereocenters. The molecule has 0 aliphatic heterocycles. The maximum absolute atomic E-state index is 12.6. The van der Waals surface area contributed by atoms with Crippen LogP contribution in [0.2, 0.25) is 0 Å². The van der Waals surface area contributed by atoms with Gasteiger partial charge in [0.05, 0.1) is 0 Å². The van der Waals surface area contributed by atoms with E-state index >= 15 is 0 Å². The Labute approximate surface area is 193 Å². The van der Waals surface area contributed by atoms with E-state index < -0.39 is 6.04 Å².